The Labute approximate surface area is 151 Å². The third kappa shape index (κ3) is 2.65. The minimum atomic E-state index is -3.57. The second-order valence-corrected chi connectivity index (χ2v) is 8.38. The van der Waals surface area contributed by atoms with Crippen molar-refractivity contribution in [3.63, 3.8) is 0 Å². The number of piperazine rings is 1. The topological polar surface area (TPSA) is 88.6 Å². The zero-order valence-electron chi connectivity index (χ0n) is 15.0. The average molecular weight is 375 g/mol. The predicted octanol–water partition coefficient (Wildman–Crippen LogP) is 0.591. The number of aryl methyl sites for hydroxylation is 3. The van der Waals surface area contributed by atoms with Gasteiger partial charge in [-0.15, -0.1) is 0 Å². The number of rotatable bonds is 3. The quantitative estimate of drug-likeness (QED) is 0.666. The van der Waals surface area contributed by atoms with Crippen LogP contribution >= 0.6 is 0 Å². The molecule has 0 aromatic carbocycles. The van der Waals surface area contributed by atoms with Gasteiger partial charge in [0.1, 0.15) is 11.3 Å². The minimum absolute atomic E-state index is 0.109. The fourth-order valence-electron chi connectivity index (χ4n) is 3.22. The van der Waals surface area contributed by atoms with Gasteiger partial charge in [-0.2, -0.15) is 9.40 Å². The number of aromatic nitrogens is 5. The zero-order chi connectivity index (χ0) is 18.5. The maximum atomic E-state index is 12.8. The molecule has 138 valence electrons. The third-order valence-electron chi connectivity index (χ3n) is 4.82. The van der Waals surface area contributed by atoms with E-state index in [0.29, 0.717) is 32.0 Å². The van der Waals surface area contributed by atoms with E-state index in [-0.39, 0.29) is 5.03 Å². The van der Waals surface area contributed by atoms with Crippen molar-refractivity contribution in [3.8, 4) is 0 Å². The van der Waals surface area contributed by atoms with Crippen molar-refractivity contribution in [2.45, 2.75) is 18.9 Å². The van der Waals surface area contributed by atoms with Gasteiger partial charge in [0.15, 0.2) is 10.8 Å². The average Bonchev–Trinajstić information content (AvgIpc) is 3.18. The second kappa shape index (κ2) is 6.06. The summed E-state index contributed by atoms with van der Waals surface area (Å²) in [5.74, 6) is 1.52. The Balaban J connectivity index is 1.56. The Hall–Kier alpha value is -2.46. The number of hydrogen-bond donors (Lipinski definition) is 0. The smallest absolute Gasteiger partial charge is 0.262 e. The van der Waals surface area contributed by atoms with E-state index in [4.69, 9.17) is 0 Å². The van der Waals surface area contributed by atoms with Gasteiger partial charge in [0, 0.05) is 51.8 Å². The van der Waals surface area contributed by atoms with Crippen molar-refractivity contribution in [2.24, 2.45) is 7.05 Å². The van der Waals surface area contributed by atoms with Gasteiger partial charge in [-0.05, 0) is 19.4 Å². The molecule has 0 aliphatic carbocycles. The highest BCUT2D eigenvalue weighted by atomic mass is 32.2. The van der Waals surface area contributed by atoms with E-state index in [1.807, 2.05) is 19.3 Å². The number of hydrogen-bond acceptors (Lipinski definition) is 6. The second-order valence-electron chi connectivity index (χ2n) is 6.50. The van der Waals surface area contributed by atoms with Crippen LogP contribution in [0.3, 0.4) is 0 Å². The molecule has 4 rings (SSSR count). The van der Waals surface area contributed by atoms with E-state index in [9.17, 15) is 8.42 Å². The Kier molecular flexibility index (Phi) is 3.96. The van der Waals surface area contributed by atoms with E-state index >= 15 is 0 Å². The van der Waals surface area contributed by atoms with Gasteiger partial charge >= 0.3 is 0 Å². The normalized spacial score (nSPS) is 16.5. The van der Waals surface area contributed by atoms with Crippen molar-refractivity contribution in [1.29, 1.82) is 0 Å². The monoisotopic (exact) mass is 375 g/mol. The number of imidazole rings is 1. The van der Waals surface area contributed by atoms with Gasteiger partial charge < -0.3 is 9.47 Å². The maximum absolute atomic E-state index is 12.8. The highest BCUT2D eigenvalue weighted by Crippen LogP contribution is 2.24. The van der Waals surface area contributed by atoms with E-state index < -0.39 is 10.0 Å². The van der Waals surface area contributed by atoms with Gasteiger partial charge in [0.05, 0.1) is 6.20 Å². The Morgan fingerprint density at radius 1 is 1.12 bits per heavy atom. The fraction of sp³-hybridized carbons (Fsp3) is 0.438. The van der Waals surface area contributed by atoms with E-state index in [1.54, 1.807) is 35.4 Å². The van der Waals surface area contributed by atoms with E-state index in [1.165, 1.54) is 4.31 Å². The molecule has 0 saturated carbocycles. The van der Waals surface area contributed by atoms with Crippen molar-refractivity contribution < 1.29 is 8.42 Å². The largest absolute Gasteiger partial charge is 0.352 e. The van der Waals surface area contributed by atoms with Crippen molar-refractivity contribution >= 4 is 21.4 Å². The predicted molar refractivity (Wildman–Crippen MR) is 96.6 cm³/mol. The van der Waals surface area contributed by atoms with Crippen LogP contribution in [0.4, 0.5) is 5.82 Å². The Bertz CT molecular complexity index is 1040. The van der Waals surface area contributed by atoms with Crippen molar-refractivity contribution in [3.05, 3.63) is 36.2 Å². The third-order valence-corrected chi connectivity index (χ3v) is 6.59. The highest BCUT2D eigenvalue weighted by Gasteiger charge is 2.31. The summed E-state index contributed by atoms with van der Waals surface area (Å²) < 4.78 is 30.7. The van der Waals surface area contributed by atoms with Crippen molar-refractivity contribution in [1.82, 2.24) is 28.5 Å². The maximum Gasteiger partial charge on any atom is 0.262 e. The van der Waals surface area contributed by atoms with Crippen LogP contribution in [-0.4, -0.2) is 63.1 Å². The molecular weight excluding hydrogens is 354 g/mol. The van der Waals surface area contributed by atoms with Gasteiger partial charge in [-0.1, -0.05) is 0 Å². The molecule has 3 aromatic rings. The zero-order valence-corrected chi connectivity index (χ0v) is 15.8. The lowest BCUT2D eigenvalue weighted by molar-refractivity contribution is 0.382. The molecule has 0 amide bonds. The SMILES string of the molecule is Cc1cnn2ccnc(N3CCN(S(=O)(=O)c4cn(C)c(C)n4)CC3)c12. The molecule has 0 bridgehead atoms. The van der Waals surface area contributed by atoms with Gasteiger partial charge in [0.2, 0.25) is 0 Å². The molecule has 26 heavy (non-hydrogen) atoms. The number of sulfonamides is 1. The molecule has 1 fully saturated rings. The molecule has 0 spiro atoms. The van der Waals surface area contributed by atoms with Crippen LogP contribution in [0.15, 0.2) is 29.8 Å². The summed E-state index contributed by atoms with van der Waals surface area (Å²) in [6, 6.07) is 0. The molecule has 0 radical (unpaired) electrons. The molecule has 1 aliphatic heterocycles. The minimum Gasteiger partial charge on any atom is -0.352 e. The summed E-state index contributed by atoms with van der Waals surface area (Å²) in [6.07, 6.45) is 6.91. The van der Waals surface area contributed by atoms with Gasteiger partial charge in [-0.3, -0.25) is 0 Å². The van der Waals surface area contributed by atoms with Crippen LogP contribution in [0.5, 0.6) is 0 Å². The lowest BCUT2D eigenvalue weighted by Crippen LogP contribution is -2.49. The first-order valence-corrected chi connectivity index (χ1v) is 9.86. The van der Waals surface area contributed by atoms with Gasteiger partial charge in [0.25, 0.3) is 10.0 Å². The first kappa shape index (κ1) is 17.0. The van der Waals surface area contributed by atoms with Crippen LogP contribution in [0.2, 0.25) is 0 Å². The summed E-state index contributed by atoms with van der Waals surface area (Å²) in [7, 11) is -1.78. The molecule has 0 atom stereocenters. The summed E-state index contributed by atoms with van der Waals surface area (Å²) in [5.41, 5.74) is 2.01. The summed E-state index contributed by atoms with van der Waals surface area (Å²) in [4.78, 5) is 10.8. The summed E-state index contributed by atoms with van der Waals surface area (Å²) in [6.45, 7) is 5.72. The van der Waals surface area contributed by atoms with Crippen LogP contribution in [0.25, 0.3) is 5.52 Å². The van der Waals surface area contributed by atoms with E-state index in [2.05, 4.69) is 20.0 Å². The number of anilines is 1. The van der Waals surface area contributed by atoms with Crippen LogP contribution in [0, 0.1) is 13.8 Å². The molecule has 1 aliphatic rings. The molecule has 3 aromatic heterocycles. The van der Waals surface area contributed by atoms with Crippen LogP contribution in [-0.2, 0) is 17.1 Å². The van der Waals surface area contributed by atoms with Gasteiger partial charge in [-0.25, -0.2) is 22.9 Å². The molecule has 4 heterocycles. The van der Waals surface area contributed by atoms with Crippen molar-refractivity contribution in [2.75, 3.05) is 31.1 Å². The van der Waals surface area contributed by atoms with Crippen LogP contribution in [0.1, 0.15) is 11.4 Å². The Morgan fingerprint density at radius 2 is 1.85 bits per heavy atom. The molecular formula is C16H21N7O2S. The number of fused-ring (bicyclic) bond motifs is 1. The standard InChI is InChI=1S/C16H21N7O2S/c1-12-10-18-23-5-4-17-16(15(12)23)21-6-8-22(9-7-21)26(24,25)14-11-20(3)13(2)19-14/h4-5,10-11H,6-9H2,1-3H3. The number of nitrogens with zero attached hydrogens (tertiary/aromatic N) is 7. The lowest BCUT2D eigenvalue weighted by atomic mass is 10.3. The van der Waals surface area contributed by atoms with Crippen LogP contribution < -0.4 is 4.90 Å². The molecule has 1 saturated heterocycles. The molecule has 0 unspecified atom stereocenters. The lowest BCUT2D eigenvalue weighted by Gasteiger charge is -2.34. The Morgan fingerprint density at radius 3 is 2.50 bits per heavy atom. The molecule has 10 heteroatoms. The molecule has 9 nitrogen and oxygen atoms in total. The molecule has 0 N–H and O–H groups in total. The fourth-order valence-corrected chi connectivity index (χ4v) is 4.67. The first-order valence-electron chi connectivity index (χ1n) is 8.42. The first-order chi connectivity index (χ1) is 12.4. The highest BCUT2D eigenvalue weighted by molar-refractivity contribution is 7.89. The summed E-state index contributed by atoms with van der Waals surface area (Å²) in [5, 5.41) is 4.42. The summed E-state index contributed by atoms with van der Waals surface area (Å²) >= 11 is 0. The van der Waals surface area contributed by atoms with E-state index in [0.717, 1.165) is 16.9 Å².